The van der Waals surface area contributed by atoms with E-state index >= 15 is 0 Å². The van der Waals surface area contributed by atoms with Crippen LogP contribution >= 0.6 is 0 Å². The quantitative estimate of drug-likeness (QED) is 0.736. The summed E-state index contributed by atoms with van der Waals surface area (Å²) in [4.78, 5) is 4.90. The van der Waals surface area contributed by atoms with E-state index in [1.807, 2.05) is 0 Å². The minimum absolute atomic E-state index is 0.340. The normalized spacial score (nSPS) is 28.1. The summed E-state index contributed by atoms with van der Waals surface area (Å²) in [6.45, 7) is 7.59. The maximum Gasteiger partial charge on any atom is 0.0469 e. The molecule has 2 saturated heterocycles. The average Bonchev–Trinajstić information content (AvgIpc) is 2.33. The molecular formula is C12H25N3O. The molecule has 2 N–H and O–H groups in total. The molecule has 1 unspecified atom stereocenters. The third-order valence-corrected chi connectivity index (χ3v) is 3.94. The van der Waals surface area contributed by atoms with E-state index in [9.17, 15) is 0 Å². The van der Waals surface area contributed by atoms with Crippen LogP contribution in [0.5, 0.6) is 0 Å². The Morgan fingerprint density at radius 2 is 1.81 bits per heavy atom. The molecule has 0 aromatic carbocycles. The fraction of sp³-hybridized carbons (Fsp3) is 1.00. The summed E-state index contributed by atoms with van der Waals surface area (Å²) in [6, 6.07) is 0.340. The van der Waals surface area contributed by atoms with Crippen molar-refractivity contribution in [2.45, 2.75) is 18.9 Å². The van der Waals surface area contributed by atoms with Crippen molar-refractivity contribution in [1.29, 1.82) is 0 Å². The van der Waals surface area contributed by atoms with Crippen molar-refractivity contribution >= 4 is 0 Å². The lowest BCUT2D eigenvalue weighted by Crippen LogP contribution is -2.50. The summed E-state index contributed by atoms with van der Waals surface area (Å²) in [5.41, 5.74) is 6.30. The molecule has 0 bridgehead atoms. The highest BCUT2D eigenvalue weighted by Crippen LogP contribution is 2.18. The standard InChI is InChI=1S/C12H25N3O/c1-14-4-6-15(7-5-14)10-12(13)11-2-8-16-9-3-11/h11-12H,2-10,13H2,1H3. The number of ether oxygens (including phenoxy) is 1. The van der Waals surface area contributed by atoms with Gasteiger partial charge in [0.15, 0.2) is 0 Å². The fourth-order valence-electron chi connectivity index (χ4n) is 2.62. The Labute approximate surface area is 98.7 Å². The van der Waals surface area contributed by atoms with Gasteiger partial charge in [-0.1, -0.05) is 0 Å². The maximum absolute atomic E-state index is 6.30. The van der Waals surface area contributed by atoms with Crippen LogP contribution in [0, 0.1) is 5.92 Å². The van der Waals surface area contributed by atoms with Crippen molar-refractivity contribution in [2.24, 2.45) is 11.7 Å². The van der Waals surface area contributed by atoms with Crippen molar-refractivity contribution in [3.05, 3.63) is 0 Å². The van der Waals surface area contributed by atoms with Crippen molar-refractivity contribution in [3.8, 4) is 0 Å². The smallest absolute Gasteiger partial charge is 0.0469 e. The van der Waals surface area contributed by atoms with Crippen molar-refractivity contribution < 1.29 is 4.74 Å². The molecule has 2 aliphatic rings. The van der Waals surface area contributed by atoms with Gasteiger partial charge < -0.3 is 15.4 Å². The molecule has 0 amide bonds. The summed E-state index contributed by atoms with van der Waals surface area (Å²) in [5.74, 6) is 0.674. The number of nitrogens with zero attached hydrogens (tertiary/aromatic N) is 2. The first kappa shape index (κ1) is 12.3. The lowest BCUT2D eigenvalue weighted by Gasteiger charge is -2.36. The van der Waals surface area contributed by atoms with Gasteiger partial charge in [-0.25, -0.2) is 0 Å². The number of piperazine rings is 1. The topological polar surface area (TPSA) is 41.7 Å². The molecule has 2 heterocycles. The highest BCUT2D eigenvalue weighted by molar-refractivity contribution is 4.80. The molecule has 0 radical (unpaired) electrons. The van der Waals surface area contributed by atoms with Crippen LogP contribution in [0.15, 0.2) is 0 Å². The minimum Gasteiger partial charge on any atom is -0.381 e. The van der Waals surface area contributed by atoms with Crippen LogP contribution in [0.3, 0.4) is 0 Å². The van der Waals surface area contributed by atoms with Gasteiger partial charge in [-0.05, 0) is 25.8 Å². The highest BCUT2D eigenvalue weighted by atomic mass is 16.5. The van der Waals surface area contributed by atoms with Gasteiger partial charge in [-0.3, -0.25) is 4.90 Å². The van der Waals surface area contributed by atoms with Crippen molar-refractivity contribution in [3.63, 3.8) is 0 Å². The van der Waals surface area contributed by atoms with Crippen LogP contribution in [0.2, 0.25) is 0 Å². The van der Waals surface area contributed by atoms with E-state index in [1.54, 1.807) is 0 Å². The summed E-state index contributed by atoms with van der Waals surface area (Å²) in [7, 11) is 2.19. The Balaban J connectivity index is 1.71. The van der Waals surface area contributed by atoms with Gasteiger partial charge in [0.25, 0.3) is 0 Å². The maximum atomic E-state index is 6.30. The SMILES string of the molecule is CN1CCN(CC(N)C2CCOCC2)CC1. The van der Waals surface area contributed by atoms with Crippen molar-refractivity contribution in [1.82, 2.24) is 9.80 Å². The second-order valence-electron chi connectivity index (χ2n) is 5.22. The number of hydrogen-bond acceptors (Lipinski definition) is 4. The first-order valence-corrected chi connectivity index (χ1v) is 6.50. The molecule has 2 rings (SSSR count). The molecule has 0 saturated carbocycles. The lowest BCUT2D eigenvalue weighted by molar-refractivity contribution is 0.0497. The first-order chi connectivity index (χ1) is 7.75. The summed E-state index contributed by atoms with van der Waals surface area (Å²) >= 11 is 0. The van der Waals surface area contributed by atoms with Crippen LogP contribution in [-0.2, 0) is 4.74 Å². The van der Waals surface area contributed by atoms with Gasteiger partial charge in [0, 0.05) is 52.0 Å². The molecule has 1 atom stereocenters. The molecule has 2 fully saturated rings. The minimum atomic E-state index is 0.340. The molecule has 0 spiro atoms. The number of likely N-dealkylation sites (N-methyl/N-ethyl adjacent to an activating group) is 1. The monoisotopic (exact) mass is 227 g/mol. The van der Waals surface area contributed by atoms with Crippen molar-refractivity contribution in [2.75, 3.05) is 53.0 Å². The van der Waals surface area contributed by atoms with Crippen LogP contribution in [0.4, 0.5) is 0 Å². The largest absolute Gasteiger partial charge is 0.381 e. The van der Waals surface area contributed by atoms with E-state index in [0.29, 0.717) is 12.0 Å². The van der Waals surface area contributed by atoms with Crippen LogP contribution < -0.4 is 5.73 Å². The summed E-state index contributed by atoms with van der Waals surface area (Å²) < 4.78 is 5.38. The van der Waals surface area contributed by atoms with Crippen LogP contribution in [0.25, 0.3) is 0 Å². The summed E-state index contributed by atoms with van der Waals surface area (Å²) in [6.07, 6.45) is 2.30. The van der Waals surface area contributed by atoms with Gasteiger partial charge in [-0.2, -0.15) is 0 Å². The fourth-order valence-corrected chi connectivity index (χ4v) is 2.62. The van der Waals surface area contributed by atoms with Gasteiger partial charge in [-0.15, -0.1) is 0 Å². The van der Waals surface area contributed by atoms with E-state index in [1.165, 1.54) is 26.2 Å². The van der Waals surface area contributed by atoms with Gasteiger partial charge in [0.1, 0.15) is 0 Å². The number of nitrogens with two attached hydrogens (primary N) is 1. The number of rotatable bonds is 3. The highest BCUT2D eigenvalue weighted by Gasteiger charge is 2.24. The number of hydrogen-bond donors (Lipinski definition) is 1. The Morgan fingerprint density at radius 1 is 1.19 bits per heavy atom. The zero-order valence-corrected chi connectivity index (χ0v) is 10.4. The average molecular weight is 227 g/mol. The Morgan fingerprint density at radius 3 is 2.44 bits per heavy atom. The molecule has 0 aliphatic carbocycles. The third-order valence-electron chi connectivity index (χ3n) is 3.94. The second-order valence-corrected chi connectivity index (χ2v) is 5.22. The Kier molecular flexibility index (Phi) is 4.58. The third kappa shape index (κ3) is 3.42. The Bertz CT molecular complexity index is 198. The predicted octanol–water partition coefficient (Wildman–Crippen LogP) is -0.0123. The zero-order chi connectivity index (χ0) is 11.4. The van der Waals surface area contributed by atoms with Crippen LogP contribution in [-0.4, -0.2) is 68.8 Å². The van der Waals surface area contributed by atoms with E-state index < -0.39 is 0 Å². The van der Waals surface area contributed by atoms with Gasteiger partial charge >= 0.3 is 0 Å². The molecule has 0 aromatic rings. The van der Waals surface area contributed by atoms with Crippen LogP contribution in [0.1, 0.15) is 12.8 Å². The van der Waals surface area contributed by atoms with E-state index in [-0.39, 0.29) is 0 Å². The molecule has 0 aromatic heterocycles. The Hall–Kier alpha value is -0.160. The first-order valence-electron chi connectivity index (χ1n) is 6.50. The van der Waals surface area contributed by atoms with E-state index in [0.717, 1.165) is 32.6 Å². The molecule has 94 valence electrons. The molecule has 16 heavy (non-hydrogen) atoms. The van der Waals surface area contributed by atoms with Gasteiger partial charge in [0.05, 0.1) is 0 Å². The van der Waals surface area contributed by atoms with Gasteiger partial charge in [0.2, 0.25) is 0 Å². The second kappa shape index (κ2) is 5.96. The predicted molar refractivity (Wildman–Crippen MR) is 65.5 cm³/mol. The zero-order valence-electron chi connectivity index (χ0n) is 10.4. The molecule has 2 aliphatic heterocycles. The molecule has 4 nitrogen and oxygen atoms in total. The molecule has 4 heteroatoms. The summed E-state index contributed by atoms with van der Waals surface area (Å²) in [5, 5.41) is 0. The van der Waals surface area contributed by atoms with E-state index in [2.05, 4.69) is 16.8 Å². The van der Waals surface area contributed by atoms with E-state index in [4.69, 9.17) is 10.5 Å². The molecular weight excluding hydrogens is 202 g/mol. The lowest BCUT2D eigenvalue weighted by atomic mass is 9.92.